The normalized spacial score (nSPS) is 11.3. The first-order valence-electron chi connectivity index (χ1n) is 12.5. The van der Waals surface area contributed by atoms with E-state index >= 15 is 0 Å². The highest BCUT2D eigenvalue weighted by molar-refractivity contribution is 5.89. The summed E-state index contributed by atoms with van der Waals surface area (Å²) in [6.07, 6.45) is 4.50. The van der Waals surface area contributed by atoms with Crippen molar-refractivity contribution < 1.29 is 10.2 Å². The Morgan fingerprint density at radius 3 is 1.76 bits per heavy atom. The van der Waals surface area contributed by atoms with Crippen LogP contribution in [0.2, 0.25) is 0 Å². The minimum Gasteiger partial charge on any atom is -0.508 e. The van der Waals surface area contributed by atoms with E-state index in [1.807, 2.05) is 48.5 Å². The molecule has 0 fully saturated rings. The fourth-order valence-corrected chi connectivity index (χ4v) is 3.98. The van der Waals surface area contributed by atoms with Crippen molar-refractivity contribution >= 4 is 10.8 Å². The monoisotopic (exact) mass is 464 g/mol. The molecule has 0 aliphatic heterocycles. The van der Waals surface area contributed by atoms with Crippen molar-refractivity contribution in [2.75, 3.05) is 39.3 Å². The maximum Gasteiger partial charge on any atom is 0.127 e. The lowest BCUT2D eigenvalue weighted by atomic mass is 10.1. The summed E-state index contributed by atoms with van der Waals surface area (Å²) in [6.45, 7) is 7.39. The lowest BCUT2D eigenvalue weighted by Gasteiger charge is -2.10. The Morgan fingerprint density at radius 1 is 0.500 bits per heavy atom. The average molecular weight is 465 g/mol. The molecule has 0 amide bonds. The van der Waals surface area contributed by atoms with Crippen LogP contribution in [0.3, 0.4) is 0 Å². The molecule has 6 heteroatoms. The van der Waals surface area contributed by atoms with Gasteiger partial charge in [-0.15, -0.1) is 0 Å². The SMILES string of the molecule is Oc1ccccc1CNCCCNCCCCNCCCNCc1ccc2ccccc2c1O. The lowest BCUT2D eigenvalue weighted by molar-refractivity contribution is 0.463. The molecule has 0 saturated carbocycles. The van der Waals surface area contributed by atoms with Gasteiger partial charge in [0, 0.05) is 29.6 Å². The van der Waals surface area contributed by atoms with Gasteiger partial charge in [-0.2, -0.15) is 0 Å². The van der Waals surface area contributed by atoms with Crippen molar-refractivity contribution in [3.8, 4) is 11.5 Å². The van der Waals surface area contributed by atoms with Crippen LogP contribution >= 0.6 is 0 Å². The standard InChI is InChI=1S/C28H40N4O2/c33-27-12-4-2-10-24(27)21-31-19-7-17-29-15-5-6-16-30-18-8-20-32-22-25-14-13-23-9-1-3-11-26(23)28(25)34/h1-4,9-14,29-34H,5-8,15-22H2. The molecule has 3 rings (SSSR count). The Morgan fingerprint density at radius 2 is 1.06 bits per heavy atom. The van der Waals surface area contributed by atoms with E-state index in [9.17, 15) is 10.2 Å². The van der Waals surface area contributed by atoms with Gasteiger partial charge in [0.15, 0.2) is 0 Å². The first-order valence-corrected chi connectivity index (χ1v) is 12.5. The van der Waals surface area contributed by atoms with Crippen LogP contribution in [0.4, 0.5) is 0 Å². The maximum absolute atomic E-state index is 10.4. The summed E-state index contributed by atoms with van der Waals surface area (Å²) in [4.78, 5) is 0. The molecule has 0 atom stereocenters. The van der Waals surface area contributed by atoms with Crippen LogP contribution < -0.4 is 21.3 Å². The Balaban J connectivity index is 1.09. The zero-order valence-electron chi connectivity index (χ0n) is 20.2. The maximum atomic E-state index is 10.4. The first kappa shape index (κ1) is 26.0. The zero-order chi connectivity index (χ0) is 23.8. The average Bonchev–Trinajstić information content (AvgIpc) is 2.86. The Labute approximate surface area is 203 Å². The van der Waals surface area contributed by atoms with E-state index in [2.05, 4.69) is 27.3 Å². The van der Waals surface area contributed by atoms with Gasteiger partial charge < -0.3 is 31.5 Å². The van der Waals surface area contributed by atoms with E-state index < -0.39 is 0 Å². The zero-order valence-corrected chi connectivity index (χ0v) is 20.2. The number of para-hydroxylation sites is 1. The Kier molecular flexibility index (Phi) is 11.7. The van der Waals surface area contributed by atoms with Gasteiger partial charge in [-0.3, -0.25) is 0 Å². The van der Waals surface area contributed by atoms with E-state index in [0.717, 1.165) is 74.0 Å². The first-order chi connectivity index (χ1) is 16.8. The van der Waals surface area contributed by atoms with Crippen LogP contribution in [-0.4, -0.2) is 49.5 Å². The van der Waals surface area contributed by atoms with Gasteiger partial charge in [0.25, 0.3) is 0 Å². The second-order valence-corrected chi connectivity index (χ2v) is 8.69. The quantitative estimate of drug-likeness (QED) is 0.170. The van der Waals surface area contributed by atoms with Crippen LogP contribution in [0, 0.1) is 0 Å². The number of hydrogen-bond donors (Lipinski definition) is 6. The molecule has 3 aromatic rings. The summed E-state index contributed by atoms with van der Waals surface area (Å²) >= 11 is 0. The van der Waals surface area contributed by atoms with Gasteiger partial charge in [-0.25, -0.2) is 0 Å². The van der Waals surface area contributed by atoms with Crippen molar-refractivity contribution in [2.45, 2.75) is 38.8 Å². The highest BCUT2D eigenvalue weighted by Gasteiger charge is 2.05. The van der Waals surface area contributed by atoms with E-state index in [4.69, 9.17) is 0 Å². The van der Waals surface area contributed by atoms with Crippen molar-refractivity contribution in [2.24, 2.45) is 0 Å². The summed E-state index contributed by atoms with van der Waals surface area (Å²) in [5.74, 6) is 0.750. The minimum absolute atomic E-state index is 0.360. The Hall–Kier alpha value is -2.64. The molecule has 0 heterocycles. The number of phenols is 2. The number of unbranched alkanes of at least 4 members (excludes halogenated alkanes) is 1. The summed E-state index contributed by atoms with van der Waals surface area (Å²) in [5.41, 5.74) is 1.90. The molecule has 0 spiro atoms. The van der Waals surface area contributed by atoms with Gasteiger partial charge in [0.05, 0.1) is 0 Å². The second kappa shape index (κ2) is 15.3. The van der Waals surface area contributed by atoms with Gasteiger partial charge in [-0.05, 0) is 76.4 Å². The van der Waals surface area contributed by atoms with Crippen molar-refractivity contribution in [1.82, 2.24) is 21.3 Å². The number of nitrogens with one attached hydrogen (secondary N) is 4. The highest BCUT2D eigenvalue weighted by Crippen LogP contribution is 2.28. The van der Waals surface area contributed by atoms with Crippen molar-refractivity contribution in [1.29, 1.82) is 0 Å². The highest BCUT2D eigenvalue weighted by atomic mass is 16.3. The molecule has 0 aliphatic rings. The molecular formula is C28H40N4O2. The molecule has 34 heavy (non-hydrogen) atoms. The lowest BCUT2D eigenvalue weighted by Crippen LogP contribution is -2.24. The van der Waals surface area contributed by atoms with Crippen LogP contribution in [0.15, 0.2) is 60.7 Å². The van der Waals surface area contributed by atoms with Gasteiger partial charge in [-0.1, -0.05) is 54.6 Å². The molecule has 0 saturated heterocycles. The fourth-order valence-electron chi connectivity index (χ4n) is 3.98. The molecule has 184 valence electrons. The molecule has 3 aromatic carbocycles. The molecular weight excluding hydrogens is 424 g/mol. The summed E-state index contributed by atoms with van der Waals surface area (Å²) in [7, 11) is 0. The van der Waals surface area contributed by atoms with E-state index in [1.54, 1.807) is 6.07 Å². The number of rotatable bonds is 17. The van der Waals surface area contributed by atoms with E-state index in [-0.39, 0.29) is 0 Å². The molecule has 0 aliphatic carbocycles. The second-order valence-electron chi connectivity index (χ2n) is 8.69. The predicted molar refractivity (Wildman–Crippen MR) is 141 cm³/mol. The van der Waals surface area contributed by atoms with Gasteiger partial charge >= 0.3 is 0 Å². The van der Waals surface area contributed by atoms with Crippen LogP contribution in [0.5, 0.6) is 11.5 Å². The topological polar surface area (TPSA) is 88.6 Å². The van der Waals surface area contributed by atoms with E-state index in [1.165, 1.54) is 12.8 Å². The van der Waals surface area contributed by atoms with Crippen molar-refractivity contribution in [3.63, 3.8) is 0 Å². The Bertz CT molecular complexity index is 980. The third-order valence-electron chi connectivity index (χ3n) is 5.98. The van der Waals surface area contributed by atoms with E-state index in [0.29, 0.717) is 24.6 Å². The van der Waals surface area contributed by atoms with Crippen LogP contribution in [0.1, 0.15) is 36.8 Å². The number of benzene rings is 3. The fraction of sp³-hybridized carbons (Fsp3) is 0.429. The number of fused-ring (bicyclic) bond motifs is 1. The molecule has 0 bridgehead atoms. The minimum atomic E-state index is 0.360. The third-order valence-corrected chi connectivity index (χ3v) is 5.98. The molecule has 6 nitrogen and oxygen atoms in total. The van der Waals surface area contributed by atoms with Crippen molar-refractivity contribution in [3.05, 3.63) is 71.8 Å². The predicted octanol–water partition coefficient (Wildman–Crippen LogP) is 3.87. The van der Waals surface area contributed by atoms with Crippen LogP contribution in [0.25, 0.3) is 10.8 Å². The van der Waals surface area contributed by atoms with Gasteiger partial charge in [0.2, 0.25) is 0 Å². The summed E-state index contributed by atoms with van der Waals surface area (Å²) in [5, 5.41) is 36.0. The molecule has 0 unspecified atom stereocenters. The van der Waals surface area contributed by atoms with Crippen LogP contribution in [-0.2, 0) is 13.1 Å². The smallest absolute Gasteiger partial charge is 0.127 e. The van der Waals surface area contributed by atoms with Gasteiger partial charge in [0.1, 0.15) is 11.5 Å². The summed E-state index contributed by atoms with van der Waals surface area (Å²) in [6, 6.07) is 19.5. The number of hydrogen-bond acceptors (Lipinski definition) is 6. The molecule has 0 radical (unpaired) electrons. The molecule has 0 aromatic heterocycles. The largest absolute Gasteiger partial charge is 0.508 e. The third kappa shape index (κ3) is 8.95. The number of phenolic OH excluding ortho intramolecular Hbond substituents is 2. The summed E-state index contributed by atoms with van der Waals surface area (Å²) < 4.78 is 0. The molecule has 6 N–H and O–H groups in total. The number of aromatic hydroxyl groups is 2.